The lowest BCUT2D eigenvalue weighted by molar-refractivity contribution is -0.131. The van der Waals surface area contributed by atoms with Gasteiger partial charge < -0.3 is 14.2 Å². The molecule has 2 aromatic carbocycles. The van der Waals surface area contributed by atoms with E-state index in [4.69, 9.17) is 27.6 Å². The van der Waals surface area contributed by atoms with Gasteiger partial charge in [0.2, 0.25) is 5.91 Å². The molecule has 33 heavy (non-hydrogen) atoms. The summed E-state index contributed by atoms with van der Waals surface area (Å²) in [5.41, 5.74) is 2.35. The number of aromatic amines is 1. The molecule has 7 nitrogen and oxygen atoms in total. The quantitative estimate of drug-likeness (QED) is 0.533. The Hall–Kier alpha value is -2.77. The van der Waals surface area contributed by atoms with Gasteiger partial charge in [0.1, 0.15) is 0 Å². The Morgan fingerprint density at radius 3 is 2.67 bits per heavy atom. The van der Waals surface area contributed by atoms with Crippen LogP contribution in [-0.4, -0.2) is 52.8 Å². The Morgan fingerprint density at radius 1 is 1.18 bits per heavy atom. The fourth-order valence-corrected chi connectivity index (χ4v) is 4.88. The van der Waals surface area contributed by atoms with Crippen LogP contribution in [0.1, 0.15) is 35.7 Å². The fourth-order valence-electron chi connectivity index (χ4n) is 4.31. The maximum atomic E-state index is 12.9. The molecule has 0 spiro atoms. The molecule has 9 heteroatoms. The van der Waals surface area contributed by atoms with E-state index in [1.807, 2.05) is 24.0 Å². The SMILES string of the molecule is CCN(C[C@H]1CCN(C(=O)c2ccc3[nH]c(=O)oc3c2)C1)C(=O)CCc1cc(Cl)cc(Cl)c1. The summed E-state index contributed by atoms with van der Waals surface area (Å²) in [6, 6.07) is 10.3. The van der Waals surface area contributed by atoms with Crippen LogP contribution in [0.2, 0.25) is 10.0 Å². The number of fused-ring (bicyclic) bond motifs is 1. The first kappa shape index (κ1) is 23.4. The van der Waals surface area contributed by atoms with Gasteiger partial charge in [0.05, 0.1) is 5.52 Å². The third kappa shape index (κ3) is 5.60. The van der Waals surface area contributed by atoms with Gasteiger partial charge in [-0.2, -0.15) is 0 Å². The average molecular weight is 490 g/mol. The van der Waals surface area contributed by atoms with Crippen LogP contribution in [0, 0.1) is 5.92 Å². The van der Waals surface area contributed by atoms with Gasteiger partial charge in [0, 0.05) is 48.2 Å². The zero-order chi connectivity index (χ0) is 23.5. The minimum atomic E-state index is -0.543. The lowest BCUT2D eigenvalue weighted by Crippen LogP contribution is -2.37. The van der Waals surface area contributed by atoms with E-state index in [9.17, 15) is 14.4 Å². The molecule has 2 heterocycles. The Labute approximate surface area is 201 Å². The van der Waals surface area contributed by atoms with E-state index < -0.39 is 5.76 Å². The summed E-state index contributed by atoms with van der Waals surface area (Å²) in [4.78, 5) is 43.3. The molecule has 4 rings (SSSR count). The van der Waals surface area contributed by atoms with Crippen LogP contribution >= 0.6 is 23.2 Å². The van der Waals surface area contributed by atoms with Crippen molar-refractivity contribution in [2.75, 3.05) is 26.2 Å². The monoisotopic (exact) mass is 489 g/mol. The van der Waals surface area contributed by atoms with Crippen LogP contribution in [-0.2, 0) is 11.2 Å². The second-order valence-electron chi connectivity index (χ2n) is 8.34. The van der Waals surface area contributed by atoms with Crippen molar-refractivity contribution in [1.29, 1.82) is 0 Å². The number of nitrogens with one attached hydrogen (secondary N) is 1. The molecule has 0 unspecified atom stereocenters. The summed E-state index contributed by atoms with van der Waals surface area (Å²) in [5, 5.41) is 1.12. The van der Waals surface area contributed by atoms with Gasteiger partial charge >= 0.3 is 5.76 Å². The van der Waals surface area contributed by atoms with Crippen molar-refractivity contribution in [1.82, 2.24) is 14.8 Å². The van der Waals surface area contributed by atoms with Crippen molar-refractivity contribution in [3.8, 4) is 0 Å². The second kappa shape index (κ2) is 10.0. The molecule has 1 saturated heterocycles. The highest BCUT2D eigenvalue weighted by Gasteiger charge is 2.29. The number of nitrogens with zero attached hydrogens (tertiary/aromatic N) is 2. The molecule has 1 atom stereocenters. The van der Waals surface area contributed by atoms with Gasteiger partial charge in [-0.05, 0) is 67.6 Å². The predicted molar refractivity (Wildman–Crippen MR) is 128 cm³/mol. The Balaban J connectivity index is 1.33. The number of amides is 2. The number of oxazole rings is 1. The topological polar surface area (TPSA) is 86.6 Å². The summed E-state index contributed by atoms with van der Waals surface area (Å²) in [5.74, 6) is -0.354. The number of aromatic nitrogens is 1. The van der Waals surface area contributed by atoms with Crippen LogP contribution in [0.3, 0.4) is 0 Å². The van der Waals surface area contributed by atoms with Crippen LogP contribution in [0.15, 0.2) is 45.6 Å². The molecule has 1 aromatic heterocycles. The van der Waals surface area contributed by atoms with Gasteiger partial charge in [0.15, 0.2) is 5.58 Å². The highest BCUT2D eigenvalue weighted by molar-refractivity contribution is 6.34. The molecule has 1 N–H and O–H groups in total. The number of aryl methyl sites for hydroxylation is 1. The van der Waals surface area contributed by atoms with Crippen LogP contribution < -0.4 is 5.76 Å². The van der Waals surface area contributed by atoms with Crippen molar-refractivity contribution < 1.29 is 14.0 Å². The number of carbonyl (C=O) groups is 2. The van der Waals surface area contributed by atoms with E-state index in [-0.39, 0.29) is 17.7 Å². The highest BCUT2D eigenvalue weighted by atomic mass is 35.5. The van der Waals surface area contributed by atoms with Gasteiger partial charge in [-0.25, -0.2) is 4.79 Å². The van der Waals surface area contributed by atoms with Crippen molar-refractivity contribution in [2.24, 2.45) is 5.92 Å². The van der Waals surface area contributed by atoms with Gasteiger partial charge in [-0.15, -0.1) is 0 Å². The van der Waals surface area contributed by atoms with Crippen LogP contribution in [0.4, 0.5) is 0 Å². The minimum absolute atomic E-state index is 0.0753. The smallest absolute Gasteiger partial charge is 0.408 e. The molecule has 0 aliphatic carbocycles. The Kier molecular flexibility index (Phi) is 7.10. The zero-order valence-electron chi connectivity index (χ0n) is 18.3. The second-order valence-corrected chi connectivity index (χ2v) is 9.21. The van der Waals surface area contributed by atoms with Crippen LogP contribution in [0.5, 0.6) is 0 Å². The summed E-state index contributed by atoms with van der Waals surface area (Å²) < 4.78 is 5.06. The van der Waals surface area contributed by atoms with Gasteiger partial charge in [0.25, 0.3) is 5.91 Å². The number of hydrogen-bond acceptors (Lipinski definition) is 4. The first-order chi connectivity index (χ1) is 15.8. The van der Waals surface area contributed by atoms with Crippen LogP contribution in [0.25, 0.3) is 11.1 Å². The zero-order valence-corrected chi connectivity index (χ0v) is 19.8. The summed E-state index contributed by atoms with van der Waals surface area (Å²) in [6.07, 6.45) is 1.78. The molecule has 3 aromatic rings. The summed E-state index contributed by atoms with van der Waals surface area (Å²) in [6.45, 7) is 4.41. The fraction of sp³-hybridized carbons (Fsp3) is 0.375. The maximum Gasteiger partial charge on any atom is 0.417 e. The molecular weight excluding hydrogens is 465 g/mol. The first-order valence-electron chi connectivity index (χ1n) is 11.0. The predicted octanol–water partition coefficient (Wildman–Crippen LogP) is 4.37. The lowest BCUT2D eigenvalue weighted by atomic mass is 10.1. The molecule has 2 amide bonds. The molecule has 0 bridgehead atoms. The Morgan fingerprint density at radius 2 is 1.94 bits per heavy atom. The number of likely N-dealkylation sites (tertiary alicyclic amines) is 1. The molecule has 174 valence electrons. The minimum Gasteiger partial charge on any atom is -0.408 e. The van der Waals surface area contributed by atoms with Crippen molar-refractivity contribution >= 4 is 46.1 Å². The van der Waals surface area contributed by atoms with Crippen molar-refractivity contribution in [3.63, 3.8) is 0 Å². The van der Waals surface area contributed by atoms with E-state index in [1.54, 1.807) is 29.2 Å². The molecular formula is C24H25Cl2N3O4. The summed E-state index contributed by atoms with van der Waals surface area (Å²) >= 11 is 12.1. The lowest BCUT2D eigenvalue weighted by Gasteiger charge is -2.25. The Bertz CT molecular complexity index is 1220. The number of halogens is 2. The van der Waals surface area contributed by atoms with Crippen molar-refractivity contribution in [3.05, 3.63) is 68.1 Å². The number of H-pyrrole nitrogens is 1. The summed E-state index contributed by atoms with van der Waals surface area (Å²) in [7, 11) is 0. The average Bonchev–Trinajstić information content (AvgIpc) is 3.39. The van der Waals surface area contributed by atoms with E-state index >= 15 is 0 Å². The van der Waals surface area contributed by atoms with E-state index in [2.05, 4.69) is 4.98 Å². The molecule has 1 aliphatic heterocycles. The highest BCUT2D eigenvalue weighted by Crippen LogP contribution is 2.23. The number of rotatable bonds is 7. The molecule has 0 saturated carbocycles. The normalized spacial score (nSPS) is 15.8. The van der Waals surface area contributed by atoms with E-state index in [0.29, 0.717) is 65.7 Å². The third-order valence-corrected chi connectivity index (χ3v) is 6.44. The van der Waals surface area contributed by atoms with Gasteiger partial charge in [-0.3, -0.25) is 14.6 Å². The third-order valence-electron chi connectivity index (χ3n) is 6.00. The molecule has 1 aliphatic rings. The van der Waals surface area contributed by atoms with E-state index in [1.165, 1.54) is 0 Å². The first-order valence-corrected chi connectivity index (χ1v) is 11.7. The molecule has 0 radical (unpaired) electrons. The number of hydrogen-bond donors (Lipinski definition) is 1. The maximum absolute atomic E-state index is 12.9. The number of carbonyl (C=O) groups excluding carboxylic acids is 2. The van der Waals surface area contributed by atoms with Gasteiger partial charge in [-0.1, -0.05) is 23.2 Å². The number of benzene rings is 2. The van der Waals surface area contributed by atoms with E-state index in [0.717, 1.165) is 12.0 Å². The standard InChI is InChI=1S/C24H25Cl2N3O4/c1-2-28(22(30)6-3-15-9-18(25)12-19(26)10-15)13-16-7-8-29(14-16)23(31)17-4-5-20-21(11-17)33-24(32)27-20/h4-5,9-12,16H,2-3,6-8,13-14H2,1H3,(H,27,32)/t16-/m1/s1. The molecule has 1 fully saturated rings. The largest absolute Gasteiger partial charge is 0.417 e. The van der Waals surface area contributed by atoms with Crippen molar-refractivity contribution in [2.45, 2.75) is 26.2 Å².